The van der Waals surface area contributed by atoms with Crippen LogP contribution in [0.25, 0.3) is 0 Å². The number of rotatable bonds is 3. The van der Waals surface area contributed by atoms with Crippen molar-refractivity contribution in [3.8, 4) is 5.75 Å². The lowest BCUT2D eigenvalue weighted by Gasteiger charge is -2.24. The Balaban J connectivity index is 2.49. The van der Waals surface area contributed by atoms with Gasteiger partial charge in [-0.25, -0.2) is 4.39 Å². The Morgan fingerprint density at radius 1 is 1.58 bits per heavy atom. The molecule has 1 aromatic carbocycles. The van der Waals surface area contributed by atoms with Crippen LogP contribution >= 0.6 is 15.9 Å². The molecule has 2 atom stereocenters. The zero-order chi connectivity index (χ0) is 14.2. The summed E-state index contributed by atoms with van der Waals surface area (Å²) in [5.41, 5.74) is 7.33. The number of methoxy groups -OCH3 is 1. The third kappa shape index (κ3) is 2.64. The van der Waals surface area contributed by atoms with Gasteiger partial charge < -0.3 is 10.5 Å². The molecule has 0 amide bonds. The maximum absolute atomic E-state index is 14.5. The number of nitrogens with two attached hydrogens (primary N) is 1. The van der Waals surface area contributed by atoms with E-state index in [-0.39, 0.29) is 11.9 Å². The number of likely N-dealkylation sites (tertiary alicyclic amines) is 1. The van der Waals surface area contributed by atoms with Gasteiger partial charge in [-0.2, -0.15) is 0 Å². The third-order valence-electron chi connectivity index (χ3n) is 3.90. The van der Waals surface area contributed by atoms with Crippen LogP contribution in [0.1, 0.15) is 23.6 Å². The molecule has 106 valence electrons. The highest BCUT2D eigenvalue weighted by molar-refractivity contribution is 9.10. The van der Waals surface area contributed by atoms with Gasteiger partial charge in [-0.15, -0.1) is 0 Å². The number of aryl methyl sites for hydroxylation is 1. The molecule has 2 unspecified atom stereocenters. The molecule has 0 saturated carbocycles. The molecular weight excluding hydrogens is 311 g/mol. The zero-order valence-corrected chi connectivity index (χ0v) is 13.1. The van der Waals surface area contributed by atoms with Gasteiger partial charge in [-0.05, 0) is 60.4 Å². The predicted molar refractivity (Wildman–Crippen MR) is 77.9 cm³/mol. The summed E-state index contributed by atoms with van der Waals surface area (Å²) in [6, 6.07) is 1.78. The van der Waals surface area contributed by atoms with E-state index in [1.54, 1.807) is 13.2 Å². The van der Waals surface area contributed by atoms with Crippen molar-refractivity contribution in [2.75, 3.05) is 27.2 Å². The van der Waals surface area contributed by atoms with E-state index < -0.39 is 0 Å². The van der Waals surface area contributed by atoms with Crippen LogP contribution < -0.4 is 10.5 Å². The molecule has 3 nitrogen and oxygen atoms in total. The van der Waals surface area contributed by atoms with Gasteiger partial charge in [0.2, 0.25) is 0 Å². The van der Waals surface area contributed by atoms with E-state index in [0.717, 1.165) is 18.5 Å². The summed E-state index contributed by atoms with van der Waals surface area (Å²) in [7, 11) is 3.60. The van der Waals surface area contributed by atoms with Crippen LogP contribution in [-0.2, 0) is 0 Å². The minimum atomic E-state index is -0.225. The van der Waals surface area contributed by atoms with Crippen LogP contribution in [0.5, 0.6) is 5.75 Å². The molecule has 1 aliphatic rings. The highest BCUT2D eigenvalue weighted by atomic mass is 79.9. The Labute approximate surface area is 122 Å². The Morgan fingerprint density at radius 2 is 2.26 bits per heavy atom. The molecular formula is C14H20BrFN2O. The lowest BCUT2D eigenvalue weighted by atomic mass is 9.97. The van der Waals surface area contributed by atoms with Crippen LogP contribution in [0.2, 0.25) is 0 Å². The average molecular weight is 331 g/mol. The lowest BCUT2D eigenvalue weighted by molar-refractivity contribution is 0.294. The first-order valence-corrected chi connectivity index (χ1v) is 7.21. The number of ether oxygens (including phenoxy) is 1. The zero-order valence-electron chi connectivity index (χ0n) is 11.5. The molecule has 0 aromatic heterocycles. The summed E-state index contributed by atoms with van der Waals surface area (Å²) in [4.78, 5) is 2.16. The van der Waals surface area contributed by atoms with Gasteiger partial charge >= 0.3 is 0 Å². The number of halogens is 2. The first-order valence-electron chi connectivity index (χ1n) is 6.42. The fourth-order valence-corrected chi connectivity index (χ4v) is 3.50. The van der Waals surface area contributed by atoms with Gasteiger partial charge in [0.1, 0.15) is 11.6 Å². The number of nitrogens with zero attached hydrogens (tertiary/aromatic N) is 1. The second kappa shape index (κ2) is 5.77. The minimum absolute atomic E-state index is 0.0275. The second-order valence-corrected chi connectivity index (χ2v) is 6.08. The van der Waals surface area contributed by atoms with Crippen molar-refractivity contribution in [2.24, 2.45) is 11.7 Å². The van der Waals surface area contributed by atoms with Crippen LogP contribution in [0.4, 0.5) is 4.39 Å². The van der Waals surface area contributed by atoms with Gasteiger partial charge in [0, 0.05) is 18.2 Å². The average Bonchev–Trinajstić information content (AvgIpc) is 2.74. The smallest absolute Gasteiger partial charge is 0.145 e. The van der Waals surface area contributed by atoms with E-state index in [4.69, 9.17) is 10.5 Å². The monoisotopic (exact) mass is 330 g/mol. The third-order valence-corrected chi connectivity index (χ3v) is 4.47. The largest absolute Gasteiger partial charge is 0.496 e. The summed E-state index contributed by atoms with van der Waals surface area (Å²) >= 11 is 3.29. The highest BCUT2D eigenvalue weighted by Crippen LogP contribution is 2.43. The minimum Gasteiger partial charge on any atom is -0.496 e. The summed E-state index contributed by atoms with van der Waals surface area (Å²) in [6.07, 6.45) is 0.871. The molecule has 0 spiro atoms. The van der Waals surface area contributed by atoms with Crippen LogP contribution in [0.3, 0.4) is 0 Å². The maximum Gasteiger partial charge on any atom is 0.145 e. The quantitative estimate of drug-likeness (QED) is 0.926. The highest BCUT2D eigenvalue weighted by Gasteiger charge is 2.34. The molecule has 0 aliphatic carbocycles. The van der Waals surface area contributed by atoms with E-state index in [1.165, 1.54) is 0 Å². The molecule has 19 heavy (non-hydrogen) atoms. The summed E-state index contributed by atoms with van der Waals surface area (Å²) in [6.45, 7) is 3.47. The fourth-order valence-electron chi connectivity index (χ4n) is 2.94. The van der Waals surface area contributed by atoms with Gasteiger partial charge in [-0.1, -0.05) is 0 Å². The van der Waals surface area contributed by atoms with Crippen molar-refractivity contribution in [1.29, 1.82) is 0 Å². The standard InChI is InChI=1S/C14H20BrFN2O/c1-8-4-10(15)13(16)12(14(8)19-3)11-5-9(6-17)7-18(11)2/h4,9,11H,5-7,17H2,1-3H3. The molecule has 1 aromatic rings. The van der Waals surface area contributed by atoms with Crippen molar-refractivity contribution in [3.05, 3.63) is 27.5 Å². The summed E-state index contributed by atoms with van der Waals surface area (Å²) in [5.74, 6) is 0.839. The van der Waals surface area contributed by atoms with Crippen molar-refractivity contribution >= 4 is 15.9 Å². The fraction of sp³-hybridized carbons (Fsp3) is 0.571. The Hall–Kier alpha value is -0.650. The van der Waals surface area contributed by atoms with Crippen LogP contribution in [0, 0.1) is 18.7 Å². The summed E-state index contributed by atoms with van der Waals surface area (Å²) < 4.78 is 20.4. The lowest BCUT2D eigenvalue weighted by Crippen LogP contribution is -2.21. The van der Waals surface area contributed by atoms with Crippen LogP contribution in [-0.4, -0.2) is 32.1 Å². The predicted octanol–water partition coefficient (Wildman–Crippen LogP) is 2.86. The van der Waals surface area contributed by atoms with E-state index >= 15 is 0 Å². The molecule has 2 rings (SSSR count). The maximum atomic E-state index is 14.5. The Kier molecular flexibility index (Phi) is 4.48. The van der Waals surface area contributed by atoms with E-state index in [2.05, 4.69) is 20.8 Å². The number of hydrogen-bond acceptors (Lipinski definition) is 3. The van der Waals surface area contributed by atoms with Gasteiger partial charge in [0.15, 0.2) is 0 Å². The molecule has 0 bridgehead atoms. The summed E-state index contributed by atoms with van der Waals surface area (Å²) in [5, 5.41) is 0. The molecule has 5 heteroatoms. The number of hydrogen-bond donors (Lipinski definition) is 1. The van der Waals surface area contributed by atoms with Gasteiger partial charge in [-0.3, -0.25) is 4.90 Å². The molecule has 1 saturated heterocycles. The van der Waals surface area contributed by atoms with E-state index in [9.17, 15) is 4.39 Å². The van der Waals surface area contributed by atoms with Crippen molar-refractivity contribution < 1.29 is 9.13 Å². The first kappa shape index (κ1) is 14.8. The second-order valence-electron chi connectivity index (χ2n) is 5.23. The molecule has 0 radical (unpaired) electrons. The van der Waals surface area contributed by atoms with Crippen LogP contribution in [0.15, 0.2) is 10.5 Å². The molecule has 1 fully saturated rings. The Bertz CT molecular complexity index is 481. The SMILES string of the molecule is COc1c(C)cc(Br)c(F)c1C1CC(CN)CN1C. The molecule has 1 aliphatic heterocycles. The van der Waals surface area contributed by atoms with Crippen molar-refractivity contribution in [1.82, 2.24) is 4.90 Å². The van der Waals surface area contributed by atoms with Crippen molar-refractivity contribution in [3.63, 3.8) is 0 Å². The van der Waals surface area contributed by atoms with E-state index in [0.29, 0.717) is 28.2 Å². The van der Waals surface area contributed by atoms with E-state index in [1.807, 2.05) is 14.0 Å². The Morgan fingerprint density at radius 3 is 2.79 bits per heavy atom. The normalized spacial score (nSPS) is 23.9. The van der Waals surface area contributed by atoms with Crippen molar-refractivity contribution in [2.45, 2.75) is 19.4 Å². The van der Waals surface area contributed by atoms with Gasteiger partial charge in [0.25, 0.3) is 0 Å². The first-order chi connectivity index (χ1) is 8.99. The topological polar surface area (TPSA) is 38.5 Å². The van der Waals surface area contributed by atoms with Gasteiger partial charge in [0.05, 0.1) is 11.6 Å². The molecule has 2 N–H and O–H groups in total. The number of benzene rings is 1. The molecule has 1 heterocycles.